The third kappa shape index (κ3) is 1.45. The summed E-state index contributed by atoms with van der Waals surface area (Å²) in [6.45, 7) is 0. The first-order valence-electron chi connectivity index (χ1n) is 3.75. The van der Waals surface area contributed by atoms with E-state index in [4.69, 9.17) is 0 Å². The van der Waals surface area contributed by atoms with Crippen LogP contribution in [0.1, 0.15) is 11.4 Å². The van der Waals surface area contributed by atoms with Gasteiger partial charge in [-0.15, -0.1) is 0 Å². The van der Waals surface area contributed by atoms with Crippen LogP contribution in [0.15, 0.2) is 30.9 Å². The van der Waals surface area contributed by atoms with Gasteiger partial charge in [0, 0.05) is 24.8 Å². The molecule has 0 spiro atoms. The van der Waals surface area contributed by atoms with Crippen molar-refractivity contribution in [1.82, 2.24) is 15.0 Å². The Kier molecular flexibility index (Phi) is 1.78. The van der Waals surface area contributed by atoms with Crippen LogP contribution in [0.25, 0.3) is 12.2 Å². The fourth-order valence-corrected chi connectivity index (χ4v) is 0.984. The van der Waals surface area contributed by atoms with Crippen molar-refractivity contribution in [3.8, 4) is 0 Å². The van der Waals surface area contributed by atoms with Gasteiger partial charge < -0.3 is 9.97 Å². The van der Waals surface area contributed by atoms with Crippen molar-refractivity contribution >= 4 is 12.2 Å². The van der Waals surface area contributed by atoms with E-state index in [1.54, 1.807) is 12.4 Å². The number of hydrogen-bond acceptors (Lipinski definition) is 1. The molecule has 12 heavy (non-hydrogen) atoms. The second kappa shape index (κ2) is 3.09. The maximum atomic E-state index is 4.06. The fraction of sp³-hybridized carbons (Fsp3) is 0. The van der Waals surface area contributed by atoms with Gasteiger partial charge in [0.15, 0.2) is 0 Å². The Bertz CT molecular complexity index is 307. The average molecular weight is 159 g/mol. The summed E-state index contributed by atoms with van der Waals surface area (Å²) in [4.78, 5) is 10.0. The summed E-state index contributed by atoms with van der Waals surface area (Å²) in [5, 5.41) is 0. The minimum absolute atomic E-state index is 0.871. The second-order valence-corrected chi connectivity index (χ2v) is 2.45. The third-order valence-electron chi connectivity index (χ3n) is 1.58. The van der Waals surface area contributed by atoms with Crippen molar-refractivity contribution in [3.63, 3.8) is 0 Å². The molecule has 60 valence electrons. The Hall–Kier alpha value is -1.77. The van der Waals surface area contributed by atoms with Crippen molar-refractivity contribution in [3.05, 3.63) is 42.2 Å². The third-order valence-corrected chi connectivity index (χ3v) is 1.58. The zero-order chi connectivity index (χ0) is 8.23. The van der Waals surface area contributed by atoms with Gasteiger partial charge in [-0.05, 0) is 23.8 Å². The number of aromatic amines is 2. The van der Waals surface area contributed by atoms with Crippen molar-refractivity contribution < 1.29 is 0 Å². The van der Waals surface area contributed by atoms with Crippen molar-refractivity contribution in [2.24, 2.45) is 0 Å². The molecule has 0 amide bonds. The summed E-state index contributed by atoms with van der Waals surface area (Å²) < 4.78 is 0. The van der Waals surface area contributed by atoms with E-state index < -0.39 is 0 Å². The Balaban J connectivity index is 2.14. The Morgan fingerprint density at radius 1 is 1.25 bits per heavy atom. The highest BCUT2D eigenvalue weighted by atomic mass is 14.9. The molecular weight excluding hydrogens is 150 g/mol. The van der Waals surface area contributed by atoms with Gasteiger partial charge in [0.25, 0.3) is 0 Å². The van der Waals surface area contributed by atoms with Crippen LogP contribution >= 0.6 is 0 Å². The summed E-state index contributed by atoms with van der Waals surface area (Å²) in [6.07, 6.45) is 11.3. The number of hydrogen-bond donors (Lipinski definition) is 2. The molecule has 2 aromatic heterocycles. The number of H-pyrrole nitrogens is 2. The first-order chi connectivity index (χ1) is 5.95. The number of imidazole rings is 1. The average Bonchev–Trinajstić information content (AvgIpc) is 2.74. The molecule has 0 radical (unpaired) electrons. The molecular formula is C9H9N3. The zero-order valence-corrected chi connectivity index (χ0v) is 6.49. The SMILES string of the molecule is C(=Cc1ncc[nH]1)c1cc[nH]c1. The molecule has 0 fully saturated rings. The fourth-order valence-electron chi connectivity index (χ4n) is 0.984. The van der Waals surface area contributed by atoms with Gasteiger partial charge in [0.1, 0.15) is 5.82 Å². The first-order valence-corrected chi connectivity index (χ1v) is 3.75. The molecule has 0 aliphatic rings. The lowest BCUT2D eigenvalue weighted by atomic mass is 10.3. The van der Waals surface area contributed by atoms with Crippen LogP contribution in [-0.2, 0) is 0 Å². The predicted octanol–water partition coefficient (Wildman–Crippen LogP) is 1.91. The van der Waals surface area contributed by atoms with E-state index in [2.05, 4.69) is 15.0 Å². The van der Waals surface area contributed by atoms with E-state index >= 15 is 0 Å². The van der Waals surface area contributed by atoms with E-state index in [9.17, 15) is 0 Å². The van der Waals surface area contributed by atoms with Gasteiger partial charge in [-0.3, -0.25) is 0 Å². The van der Waals surface area contributed by atoms with Crippen LogP contribution in [0, 0.1) is 0 Å². The number of nitrogens with zero attached hydrogens (tertiary/aromatic N) is 1. The minimum Gasteiger partial charge on any atom is -0.367 e. The number of nitrogens with one attached hydrogen (secondary N) is 2. The van der Waals surface area contributed by atoms with Gasteiger partial charge in [0.05, 0.1) is 0 Å². The Morgan fingerprint density at radius 2 is 2.25 bits per heavy atom. The molecule has 0 atom stereocenters. The highest BCUT2D eigenvalue weighted by Crippen LogP contribution is 2.02. The summed E-state index contributed by atoms with van der Waals surface area (Å²) in [7, 11) is 0. The van der Waals surface area contributed by atoms with Crippen LogP contribution < -0.4 is 0 Å². The van der Waals surface area contributed by atoms with Gasteiger partial charge in [-0.2, -0.15) is 0 Å². The van der Waals surface area contributed by atoms with Crippen molar-refractivity contribution in [2.45, 2.75) is 0 Å². The van der Waals surface area contributed by atoms with Gasteiger partial charge in [0.2, 0.25) is 0 Å². The van der Waals surface area contributed by atoms with Crippen LogP contribution in [0.3, 0.4) is 0 Å². The van der Waals surface area contributed by atoms with Gasteiger partial charge >= 0.3 is 0 Å². The first kappa shape index (κ1) is 6.91. The molecule has 0 bridgehead atoms. The monoisotopic (exact) mass is 159 g/mol. The maximum Gasteiger partial charge on any atom is 0.129 e. The molecule has 2 N–H and O–H groups in total. The maximum absolute atomic E-state index is 4.06. The van der Waals surface area contributed by atoms with Crippen LogP contribution in [0.2, 0.25) is 0 Å². The summed E-state index contributed by atoms with van der Waals surface area (Å²) in [5.41, 5.74) is 1.14. The predicted molar refractivity (Wildman–Crippen MR) is 48.3 cm³/mol. The Labute approximate surface area is 70.2 Å². The lowest BCUT2D eigenvalue weighted by molar-refractivity contribution is 1.27. The molecule has 0 saturated heterocycles. The topological polar surface area (TPSA) is 44.5 Å². The molecule has 0 aliphatic heterocycles. The van der Waals surface area contributed by atoms with Crippen LogP contribution in [0.5, 0.6) is 0 Å². The molecule has 0 aliphatic carbocycles. The lowest BCUT2D eigenvalue weighted by Gasteiger charge is -1.82. The molecule has 2 rings (SSSR count). The number of aromatic nitrogens is 3. The number of rotatable bonds is 2. The smallest absolute Gasteiger partial charge is 0.129 e. The second-order valence-electron chi connectivity index (χ2n) is 2.45. The molecule has 3 nitrogen and oxygen atoms in total. The Morgan fingerprint density at radius 3 is 2.92 bits per heavy atom. The quantitative estimate of drug-likeness (QED) is 0.690. The standard InChI is InChI=1S/C9H9N3/c1(8-3-4-10-7-8)2-9-11-5-6-12-9/h1-7,10H,(H,11,12). The van der Waals surface area contributed by atoms with E-state index in [-0.39, 0.29) is 0 Å². The lowest BCUT2D eigenvalue weighted by Crippen LogP contribution is -1.71. The van der Waals surface area contributed by atoms with Crippen LogP contribution in [-0.4, -0.2) is 15.0 Å². The molecule has 2 heterocycles. The zero-order valence-electron chi connectivity index (χ0n) is 6.49. The van der Waals surface area contributed by atoms with E-state index in [1.807, 2.05) is 30.6 Å². The van der Waals surface area contributed by atoms with E-state index in [1.165, 1.54) is 0 Å². The van der Waals surface area contributed by atoms with Crippen molar-refractivity contribution in [2.75, 3.05) is 0 Å². The van der Waals surface area contributed by atoms with Gasteiger partial charge in [-0.1, -0.05) is 0 Å². The highest BCUT2D eigenvalue weighted by Gasteiger charge is 1.87. The molecule has 2 aromatic rings. The minimum atomic E-state index is 0.871. The van der Waals surface area contributed by atoms with Crippen molar-refractivity contribution in [1.29, 1.82) is 0 Å². The summed E-state index contributed by atoms with van der Waals surface area (Å²) in [5.74, 6) is 0.871. The molecule has 3 heteroatoms. The summed E-state index contributed by atoms with van der Waals surface area (Å²) in [6, 6.07) is 2.00. The highest BCUT2D eigenvalue weighted by molar-refractivity contribution is 5.65. The van der Waals surface area contributed by atoms with Gasteiger partial charge in [-0.25, -0.2) is 4.98 Å². The summed E-state index contributed by atoms with van der Waals surface area (Å²) >= 11 is 0. The van der Waals surface area contributed by atoms with Crippen LogP contribution in [0.4, 0.5) is 0 Å². The van der Waals surface area contributed by atoms with E-state index in [0.717, 1.165) is 11.4 Å². The normalized spacial score (nSPS) is 11.0. The molecule has 0 aromatic carbocycles. The molecule has 0 saturated carbocycles. The largest absolute Gasteiger partial charge is 0.367 e. The molecule has 0 unspecified atom stereocenters. The van der Waals surface area contributed by atoms with E-state index in [0.29, 0.717) is 0 Å².